The van der Waals surface area contributed by atoms with Gasteiger partial charge in [-0.3, -0.25) is 4.79 Å². The summed E-state index contributed by atoms with van der Waals surface area (Å²) < 4.78 is 11.1. The maximum atomic E-state index is 13.8. The lowest BCUT2D eigenvalue weighted by Crippen LogP contribution is -2.50. The van der Waals surface area contributed by atoms with Crippen molar-refractivity contribution in [3.63, 3.8) is 0 Å². The van der Waals surface area contributed by atoms with Gasteiger partial charge in [0.1, 0.15) is 5.75 Å². The smallest absolute Gasteiger partial charge is 0.256 e. The molecule has 9 nitrogen and oxygen atoms in total. The first-order chi connectivity index (χ1) is 16.7. The van der Waals surface area contributed by atoms with E-state index in [0.29, 0.717) is 49.0 Å². The fraction of sp³-hybridized carbons (Fsp3) is 0.240. The van der Waals surface area contributed by atoms with Crippen molar-refractivity contribution < 1.29 is 14.3 Å². The second-order valence-corrected chi connectivity index (χ2v) is 7.91. The van der Waals surface area contributed by atoms with Gasteiger partial charge in [0.15, 0.2) is 5.82 Å². The maximum Gasteiger partial charge on any atom is 0.256 e. The van der Waals surface area contributed by atoms with Gasteiger partial charge in [-0.2, -0.15) is 15.0 Å². The molecule has 1 saturated heterocycles. The topological polar surface area (TPSA) is 95.3 Å². The van der Waals surface area contributed by atoms with Crippen LogP contribution in [0.15, 0.2) is 73.3 Å². The van der Waals surface area contributed by atoms with Gasteiger partial charge in [-0.15, -0.1) is 0 Å². The van der Waals surface area contributed by atoms with E-state index in [0.717, 1.165) is 11.1 Å². The van der Waals surface area contributed by atoms with Crippen LogP contribution in [-0.2, 0) is 11.2 Å². The number of rotatable bonds is 6. The molecule has 34 heavy (non-hydrogen) atoms. The second-order valence-electron chi connectivity index (χ2n) is 7.91. The fourth-order valence-corrected chi connectivity index (χ4v) is 4.13. The highest BCUT2D eigenvalue weighted by atomic mass is 16.5. The van der Waals surface area contributed by atoms with Crippen LogP contribution in [0, 0.1) is 0 Å². The molecule has 0 aliphatic carbocycles. The number of carbonyl (C=O) groups is 1. The Balaban J connectivity index is 1.44. The van der Waals surface area contributed by atoms with Gasteiger partial charge < -0.3 is 14.4 Å². The molecule has 1 fully saturated rings. The van der Waals surface area contributed by atoms with Crippen LogP contribution in [0.25, 0.3) is 17.1 Å². The number of aromatic nitrogens is 5. The monoisotopic (exact) mass is 456 g/mol. The highest BCUT2D eigenvalue weighted by molar-refractivity contribution is 5.98. The minimum Gasteiger partial charge on any atom is -0.497 e. The summed E-state index contributed by atoms with van der Waals surface area (Å²) in [5.74, 6) is 1.16. The van der Waals surface area contributed by atoms with E-state index in [2.05, 4.69) is 26.2 Å². The van der Waals surface area contributed by atoms with E-state index < -0.39 is 0 Å². The summed E-state index contributed by atoms with van der Waals surface area (Å²) in [5, 5.41) is 8.43. The van der Waals surface area contributed by atoms with E-state index in [1.165, 1.54) is 4.80 Å². The summed E-state index contributed by atoms with van der Waals surface area (Å²) in [5.41, 5.74) is 3.10. The Hall–Kier alpha value is -4.11. The summed E-state index contributed by atoms with van der Waals surface area (Å²) in [6, 6.07) is 15.1. The lowest BCUT2D eigenvalue weighted by atomic mass is 10.0. The average molecular weight is 457 g/mol. The largest absolute Gasteiger partial charge is 0.497 e. The summed E-state index contributed by atoms with van der Waals surface area (Å²) in [6.45, 7) is 1.44. The lowest BCUT2D eigenvalue weighted by molar-refractivity contribution is -0.00166. The second kappa shape index (κ2) is 9.80. The van der Waals surface area contributed by atoms with Gasteiger partial charge in [-0.25, -0.2) is 9.97 Å². The Kier molecular flexibility index (Phi) is 6.26. The van der Waals surface area contributed by atoms with E-state index in [1.807, 2.05) is 23.1 Å². The summed E-state index contributed by atoms with van der Waals surface area (Å²) in [4.78, 5) is 25.8. The van der Waals surface area contributed by atoms with Gasteiger partial charge in [0.2, 0.25) is 0 Å². The first-order valence-electron chi connectivity index (χ1n) is 11.0. The molecule has 0 radical (unpaired) electrons. The Bertz CT molecular complexity index is 1260. The van der Waals surface area contributed by atoms with Gasteiger partial charge in [0.25, 0.3) is 5.91 Å². The van der Waals surface area contributed by atoms with E-state index in [1.54, 1.807) is 56.2 Å². The Morgan fingerprint density at radius 2 is 1.88 bits per heavy atom. The quantitative estimate of drug-likeness (QED) is 0.440. The molecule has 0 bridgehead atoms. The van der Waals surface area contributed by atoms with Crippen LogP contribution >= 0.6 is 0 Å². The number of hydrogen-bond donors (Lipinski definition) is 0. The predicted octanol–water partition coefficient (Wildman–Crippen LogP) is 2.82. The SMILES string of the molecule is COc1ccc(-n2nccn2)c(C(=O)N2CCOCC2Cc2cccc(-c3ncccn3)c2)c1. The molecule has 1 aliphatic heterocycles. The molecule has 2 aromatic carbocycles. The normalized spacial score (nSPS) is 15.8. The van der Waals surface area contributed by atoms with E-state index in [9.17, 15) is 4.79 Å². The maximum absolute atomic E-state index is 13.8. The number of benzene rings is 2. The highest BCUT2D eigenvalue weighted by Crippen LogP contribution is 2.25. The van der Waals surface area contributed by atoms with Crippen LogP contribution in [-0.4, -0.2) is 68.7 Å². The minimum atomic E-state index is -0.127. The van der Waals surface area contributed by atoms with Crippen LogP contribution < -0.4 is 4.74 Å². The van der Waals surface area contributed by atoms with Crippen molar-refractivity contribution >= 4 is 5.91 Å². The molecule has 1 unspecified atom stereocenters. The lowest BCUT2D eigenvalue weighted by Gasteiger charge is -2.36. The Labute approximate surface area is 197 Å². The highest BCUT2D eigenvalue weighted by Gasteiger charge is 2.30. The van der Waals surface area contributed by atoms with Crippen LogP contribution in [0.5, 0.6) is 5.75 Å². The predicted molar refractivity (Wildman–Crippen MR) is 125 cm³/mol. The van der Waals surface area contributed by atoms with Gasteiger partial charge in [0.05, 0.1) is 50.0 Å². The minimum absolute atomic E-state index is 0.109. The number of amides is 1. The van der Waals surface area contributed by atoms with Gasteiger partial charge in [-0.1, -0.05) is 18.2 Å². The molecule has 9 heteroatoms. The molecule has 0 saturated carbocycles. The number of carbonyl (C=O) groups excluding carboxylic acids is 1. The summed E-state index contributed by atoms with van der Waals surface area (Å²) >= 11 is 0. The Morgan fingerprint density at radius 3 is 2.68 bits per heavy atom. The number of methoxy groups -OCH3 is 1. The molecule has 3 heterocycles. The molecule has 2 aromatic heterocycles. The molecule has 5 rings (SSSR count). The van der Waals surface area contributed by atoms with Crippen LogP contribution in [0.3, 0.4) is 0 Å². The molecule has 1 amide bonds. The first kappa shape index (κ1) is 21.7. The third-order valence-corrected chi connectivity index (χ3v) is 5.78. The van der Waals surface area contributed by atoms with Crippen molar-refractivity contribution in [1.82, 2.24) is 29.9 Å². The van der Waals surface area contributed by atoms with Crippen molar-refractivity contribution in [2.24, 2.45) is 0 Å². The van der Waals surface area contributed by atoms with Crippen molar-refractivity contribution in [1.29, 1.82) is 0 Å². The molecule has 0 N–H and O–H groups in total. The van der Waals surface area contributed by atoms with E-state index in [-0.39, 0.29) is 11.9 Å². The number of nitrogens with zero attached hydrogens (tertiary/aromatic N) is 6. The average Bonchev–Trinajstić information content (AvgIpc) is 3.44. The van der Waals surface area contributed by atoms with Gasteiger partial charge >= 0.3 is 0 Å². The zero-order valence-corrected chi connectivity index (χ0v) is 18.7. The Morgan fingerprint density at radius 1 is 1.06 bits per heavy atom. The van der Waals surface area contributed by atoms with Crippen LogP contribution in [0.2, 0.25) is 0 Å². The molecule has 1 atom stereocenters. The number of ether oxygens (including phenoxy) is 2. The zero-order chi connectivity index (χ0) is 23.3. The standard InChI is InChI=1S/C25H24N6O3/c1-33-21-6-7-23(31-28-10-11-29-31)22(16-21)25(32)30-12-13-34-17-20(30)15-18-4-2-5-19(14-18)24-26-8-3-9-27-24/h2-11,14,16,20H,12-13,15,17H2,1H3. The molecular formula is C25H24N6O3. The third-order valence-electron chi connectivity index (χ3n) is 5.78. The first-order valence-corrected chi connectivity index (χ1v) is 11.0. The van der Waals surface area contributed by atoms with Gasteiger partial charge in [-0.05, 0) is 42.3 Å². The molecule has 1 aliphatic rings. The molecular weight excluding hydrogens is 432 g/mol. The van der Waals surface area contributed by atoms with E-state index in [4.69, 9.17) is 9.47 Å². The van der Waals surface area contributed by atoms with Crippen LogP contribution in [0.4, 0.5) is 0 Å². The molecule has 4 aromatic rings. The molecule has 172 valence electrons. The van der Waals surface area contributed by atoms with E-state index >= 15 is 0 Å². The summed E-state index contributed by atoms with van der Waals surface area (Å²) in [6.07, 6.45) is 7.26. The number of morpholine rings is 1. The van der Waals surface area contributed by atoms with Crippen molar-refractivity contribution in [2.75, 3.05) is 26.9 Å². The van der Waals surface area contributed by atoms with Crippen LogP contribution in [0.1, 0.15) is 15.9 Å². The van der Waals surface area contributed by atoms with Gasteiger partial charge in [0, 0.05) is 24.5 Å². The van der Waals surface area contributed by atoms with Crippen molar-refractivity contribution in [3.05, 3.63) is 84.4 Å². The molecule has 0 spiro atoms. The third kappa shape index (κ3) is 4.51. The van der Waals surface area contributed by atoms with Crippen molar-refractivity contribution in [2.45, 2.75) is 12.5 Å². The fourth-order valence-electron chi connectivity index (χ4n) is 4.13. The number of hydrogen-bond acceptors (Lipinski definition) is 7. The summed E-state index contributed by atoms with van der Waals surface area (Å²) in [7, 11) is 1.58. The van der Waals surface area contributed by atoms with Crippen molar-refractivity contribution in [3.8, 4) is 22.8 Å². The zero-order valence-electron chi connectivity index (χ0n) is 18.7.